The minimum atomic E-state index is 0.235. The predicted octanol–water partition coefficient (Wildman–Crippen LogP) is 2.14. The van der Waals surface area contributed by atoms with Crippen molar-refractivity contribution in [3.63, 3.8) is 0 Å². The summed E-state index contributed by atoms with van der Waals surface area (Å²) in [5.41, 5.74) is 6.76. The highest BCUT2D eigenvalue weighted by atomic mass is 16.5. The van der Waals surface area contributed by atoms with E-state index in [1.807, 2.05) is 17.0 Å². The zero-order chi connectivity index (χ0) is 14.5. The molecule has 0 spiro atoms. The van der Waals surface area contributed by atoms with E-state index >= 15 is 0 Å². The van der Waals surface area contributed by atoms with E-state index < -0.39 is 0 Å². The monoisotopic (exact) mass is 276 g/mol. The molecule has 4 nitrogen and oxygen atoms in total. The summed E-state index contributed by atoms with van der Waals surface area (Å²) in [6.45, 7) is 3.52. The van der Waals surface area contributed by atoms with E-state index in [4.69, 9.17) is 10.5 Å². The Kier molecular flexibility index (Phi) is 5.01. The van der Waals surface area contributed by atoms with Crippen molar-refractivity contribution in [2.45, 2.75) is 38.1 Å². The van der Waals surface area contributed by atoms with Gasteiger partial charge in [0, 0.05) is 24.9 Å². The molecule has 1 amide bonds. The molecule has 1 aliphatic heterocycles. The predicted molar refractivity (Wildman–Crippen MR) is 79.8 cm³/mol. The summed E-state index contributed by atoms with van der Waals surface area (Å²) in [5.74, 6) is 1.53. The molecular formula is C16H24N2O2. The Labute approximate surface area is 120 Å². The minimum Gasteiger partial charge on any atom is -0.497 e. The van der Waals surface area contributed by atoms with Crippen molar-refractivity contribution in [2.24, 2.45) is 5.73 Å². The Hall–Kier alpha value is -1.55. The smallest absolute Gasteiger partial charge is 0.222 e. The molecule has 2 atom stereocenters. The molecule has 1 heterocycles. The topological polar surface area (TPSA) is 55.6 Å². The molecular weight excluding hydrogens is 252 g/mol. The Morgan fingerprint density at radius 2 is 2.10 bits per heavy atom. The normalized spacial score (nSPS) is 22.1. The van der Waals surface area contributed by atoms with Crippen LogP contribution in [0, 0.1) is 0 Å². The maximum atomic E-state index is 12.1. The summed E-state index contributed by atoms with van der Waals surface area (Å²) in [5, 5.41) is 0. The van der Waals surface area contributed by atoms with Crippen LogP contribution in [0.4, 0.5) is 0 Å². The highest BCUT2D eigenvalue weighted by Gasteiger charge is 2.32. The molecule has 0 bridgehead atoms. The van der Waals surface area contributed by atoms with Gasteiger partial charge >= 0.3 is 0 Å². The van der Waals surface area contributed by atoms with Crippen LogP contribution in [-0.4, -0.2) is 37.0 Å². The lowest BCUT2D eigenvalue weighted by Crippen LogP contribution is -2.34. The molecule has 20 heavy (non-hydrogen) atoms. The highest BCUT2D eigenvalue weighted by Crippen LogP contribution is 2.32. The highest BCUT2D eigenvalue weighted by molar-refractivity contribution is 5.77. The molecule has 0 aromatic heterocycles. The summed E-state index contributed by atoms with van der Waals surface area (Å²) >= 11 is 0. The van der Waals surface area contributed by atoms with Crippen LogP contribution in [0.1, 0.15) is 37.7 Å². The molecule has 4 heteroatoms. The summed E-state index contributed by atoms with van der Waals surface area (Å²) in [6, 6.07) is 8.48. The van der Waals surface area contributed by atoms with Crippen molar-refractivity contribution < 1.29 is 9.53 Å². The lowest BCUT2D eigenvalue weighted by atomic mass is 9.97. The number of nitrogens with zero attached hydrogens (tertiary/aromatic N) is 1. The van der Waals surface area contributed by atoms with Crippen LogP contribution in [-0.2, 0) is 4.79 Å². The molecule has 2 N–H and O–H groups in total. The van der Waals surface area contributed by atoms with Crippen molar-refractivity contribution in [2.75, 3.05) is 20.2 Å². The van der Waals surface area contributed by atoms with Crippen LogP contribution < -0.4 is 10.5 Å². The number of carbonyl (C=O) groups excluding carboxylic acids is 1. The fraction of sp³-hybridized carbons (Fsp3) is 0.562. The van der Waals surface area contributed by atoms with Crippen LogP contribution in [0.2, 0.25) is 0 Å². The molecule has 1 saturated heterocycles. The molecule has 110 valence electrons. The second kappa shape index (κ2) is 6.75. The largest absolute Gasteiger partial charge is 0.497 e. The first-order valence-electron chi connectivity index (χ1n) is 7.29. The van der Waals surface area contributed by atoms with Gasteiger partial charge in [0.15, 0.2) is 0 Å². The van der Waals surface area contributed by atoms with E-state index in [1.165, 1.54) is 5.56 Å². The van der Waals surface area contributed by atoms with E-state index in [1.54, 1.807) is 7.11 Å². The molecule has 1 fully saturated rings. The van der Waals surface area contributed by atoms with Crippen LogP contribution in [0.25, 0.3) is 0 Å². The van der Waals surface area contributed by atoms with Gasteiger partial charge in [-0.15, -0.1) is 0 Å². The van der Waals surface area contributed by atoms with Gasteiger partial charge in [0.25, 0.3) is 0 Å². The van der Waals surface area contributed by atoms with Crippen molar-refractivity contribution in [3.05, 3.63) is 29.8 Å². The average molecular weight is 276 g/mol. The average Bonchev–Trinajstić information content (AvgIpc) is 2.87. The van der Waals surface area contributed by atoms with Crippen LogP contribution >= 0.6 is 0 Å². The van der Waals surface area contributed by atoms with E-state index in [-0.39, 0.29) is 5.91 Å². The van der Waals surface area contributed by atoms with Crippen molar-refractivity contribution >= 4 is 5.91 Å². The molecule has 1 aliphatic rings. The number of likely N-dealkylation sites (tertiary alicyclic amines) is 1. The van der Waals surface area contributed by atoms with Gasteiger partial charge in [-0.25, -0.2) is 0 Å². The Balaban J connectivity index is 2.00. The summed E-state index contributed by atoms with van der Waals surface area (Å²) in [7, 11) is 1.67. The first kappa shape index (κ1) is 14.9. The molecule has 0 aliphatic carbocycles. The van der Waals surface area contributed by atoms with Gasteiger partial charge in [-0.2, -0.15) is 0 Å². The van der Waals surface area contributed by atoms with E-state index in [0.717, 1.165) is 25.1 Å². The van der Waals surface area contributed by atoms with Crippen LogP contribution in [0.3, 0.4) is 0 Å². The van der Waals surface area contributed by atoms with E-state index in [9.17, 15) is 4.79 Å². The number of amides is 1. The van der Waals surface area contributed by atoms with Crippen LogP contribution in [0.5, 0.6) is 5.75 Å². The van der Waals surface area contributed by atoms with Gasteiger partial charge in [0.2, 0.25) is 5.91 Å². The van der Waals surface area contributed by atoms with Crippen molar-refractivity contribution in [1.29, 1.82) is 0 Å². The maximum Gasteiger partial charge on any atom is 0.222 e. The van der Waals surface area contributed by atoms with Gasteiger partial charge in [0.05, 0.1) is 7.11 Å². The third-order valence-electron chi connectivity index (χ3n) is 4.08. The maximum absolute atomic E-state index is 12.1. The first-order valence-corrected chi connectivity index (χ1v) is 7.29. The fourth-order valence-electron chi connectivity index (χ4n) is 2.89. The minimum absolute atomic E-state index is 0.235. The Morgan fingerprint density at radius 1 is 1.40 bits per heavy atom. The summed E-state index contributed by atoms with van der Waals surface area (Å²) < 4.78 is 5.18. The molecule has 1 aromatic carbocycles. The van der Waals surface area contributed by atoms with E-state index in [0.29, 0.717) is 24.9 Å². The zero-order valence-corrected chi connectivity index (χ0v) is 12.3. The Bertz CT molecular complexity index is 444. The Morgan fingerprint density at radius 3 is 2.70 bits per heavy atom. The van der Waals surface area contributed by atoms with E-state index in [2.05, 4.69) is 19.1 Å². The number of hydrogen-bond donors (Lipinski definition) is 1. The third-order valence-corrected chi connectivity index (χ3v) is 4.08. The molecule has 0 radical (unpaired) electrons. The zero-order valence-electron chi connectivity index (χ0n) is 12.3. The van der Waals surface area contributed by atoms with Crippen molar-refractivity contribution in [1.82, 2.24) is 4.90 Å². The molecule has 0 unspecified atom stereocenters. The fourth-order valence-corrected chi connectivity index (χ4v) is 2.89. The molecule has 1 aromatic rings. The van der Waals surface area contributed by atoms with Gasteiger partial charge in [-0.1, -0.05) is 12.1 Å². The third kappa shape index (κ3) is 3.31. The number of nitrogens with two attached hydrogens (primary N) is 1. The SMILES string of the molecule is COc1ccc([C@H]2C[C@H](C)N(C(=O)CCCN)C2)cc1. The number of carbonyl (C=O) groups is 1. The second-order valence-corrected chi connectivity index (χ2v) is 5.49. The van der Waals surface area contributed by atoms with Crippen molar-refractivity contribution in [3.8, 4) is 5.75 Å². The lowest BCUT2D eigenvalue weighted by molar-refractivity contribution is -0.131. The second-order valence-electron chi connectivity index (χ2n) is 5.49. The standard InChI is InChI=1S/C16H24N2O2/c1-12-10-14(11-18(12)16(19)4-3-9-17)13-5-7-15(20-2)8-6-13/h5-8,12,14H,3-4,9-11,17H2,1-2H3/t12-,14-/m0/s1. The number of methoxy groups -OCH3 is 1. The van der Waals surface area contributed by atoms with Crippen LogP contribution in [0.15, 0.2) is 24.3 Å². The number of hydrogen-bond acceptors (Lipinski definition) is 3. The summed E-state index contributed by atoms with van der Waals surface area (Å²) in [6.07, 6.45) is 2.37. The lowest BCUT2D eigenvalue weighted by Gasteiger charge is -2.21. The summed E-state index contributed by atoms with van der Waals surface area (Å²) in [4.78, 5) is 14.1. The quantitative estimate of drug-likeness (QED) is 0.896. The molecule has 0 saturated carbocycles. The number of benzene rings is 1. The van der Waals surface area contributed by atoms with Gasteiger partial charge in [0.1, 0.15) is 5.75 Å². The first-order chi connectivity index (χ1) is 9.65. The van der Waals surface area contributed by atoms with Gasteiger partial charge < -0.3 is 15.4 Å². The molecule has 2 rings (SSSR count). The number of rotatable bonds is 5. The number of ether oxygens (including phenoxy) is 1. The van der Waals surface area contributed by atoms with Gasteiger partial charge in [-0.05, 0) is 44.0 Å². The van der Waals surface area contributed by atoms with Gasteiger partial charge in [-0.3, -0.25) is 4.79 Å².